The fourth-order valence-corrected chi connectivity index (χ4v) is 2.78. The molecule has 1 aromatic carbocycles. The number of aryl methyl sites for hydroxylation is 1. The lowest BCUT2D eigenvalue weighted by Gasteiger charge is -2.07. The van der Waals surface area contributed by atoms with E-state index in [1.165, 1.54) is 12.3 Å². The van der Waals surface area contributed by atoms with Gasteiger partial charge in [0.2, 0.25) is 0 Å². The van der Waals surface area contributed by atoms with Crippen molar-refractivity contribution in [3.63, 3.8) is 0 Å². The minimum Gasteiger partial charge on any atom is -0.481 e. The number of anilines is 1. The number of carboxylic acid groups (broad SMARTS) is 1. The van der Waals surface area contributed by atoms with Crippen LogP contribution in [0.3, 0.4) is 0 Å². The van der Waals surface area contributed by atoms with Crippen molar-refractivity contribution < 1.29 is 22.7 Å². The Hall–Kier alpha value is -2.28. The van der Waals surface area contributed by atoms with Crippen LogP contribution in [0.2, 0.25) is 0 Å². The Morgan fingerprint density at radius 2 is 1.90 bits per heavy atom. The molecule has 2 N–H and O–H groups in total. The molecule has 2 aromatic rings. The van der Waals surface area contributed by atoms with Crippen molar-refractivity contribution in [2.45, 2.75) is 24.2 Å². The zero-order valence-corrected chi connectivity index (χ0v) is 12.0. The van der Waals surface area contributed by atoms with E-state index in [9.17, 15) is 13.2 Å². The van der Waals surface area contributed by atoms with Gasteiger partial charge >= 0.3 is 5.97 Å². The van der Waals surface area contributed by atoms with Gasteiger partial charge in [-0.2, -0.15) is 0 Å². The smallest absolute Gasteiger partial charge is 0.303 e. The number of sulfonamides is 1. The molecule has 0 fully saturated rings. The SMILES string of the molecule is O=C(O)CCCc1ccc(NS(=O)(=O)c2ccoc2)cc1. The molecule has 0 aliphatic carbocycles. The number of carboxylic acids is 1. The lowest BCUT2D eigenvalue weighted by molar-refractivity contribution is -0.137. The third-order valence-electron chi connectivity index (χ3n) is 2.87. The molecule has 0 spiro atoms. The summed E-state index contributed by atoms with van der Waals surface area (Å²) in [5.74, 6) is -0.820. The summed E-state index contributed by atoms with van der Waals surface area (Å²) in [5.41, 5.74) is 1.40. The lowest BCUT2D eigenvalue weighted by atomic mass is 10.1. The highest BCUT2D eigenvalue weighted by Gasteiger charge is 2.15. The van der Waals surface area contributed by atoms with Crippen LogP contribution in [0, 0.1) is 0 Å². The summed E-state index contributed by atoms with van der Waals surface area (Å²) in [6.45, 7) is 0. The maximum Gasteiger partial charge on any atom is 0.303 e. The second-order valence-electron chi connectivity index (χ2n) is 4.51. The van der Waals surface area contributed by atoms with Crippen LogP contribution in [0.15, 0.2) is 52.2 Å². The van der Waals surface area contributed by atoms with E-state index in [0.29, 0.717) is 18.5 Å². The molecule has 112 valence electrons. The summed E-state index contributed by atoms with van der Waals surface area (Å²) >= 11 is 0. The maximum absolute atomic E-state index is 12.0. The number of hydrogen-bond donors (Lipinski definition) is 2. The molecular formula is C14H15NO5S. The first-order chi connectivity index (χ1) is 9.97. The first-order valence-electron chi connectivity index (χ1n) is 6.33. The monoisotopic (exact) mass is 309 g/mol. The van der Waals surface area contributed by atoms with Crippen LogP contribution in [0.4, 0.5) is 5.69 Å². The molecule has 7 heteroatoms. The minimum absolute atomic E-state index is 0.0630. The van der Waals surface area contributed by atoms with Gasteiger partial charge in [-0.15, -0.1) is 0 Å². The summed E-state index contributed by atoms with van der Waals surface area (Å²) < 4.78 is 31.1. The molecule has 0 radical (unpaired) electrons. The highest BCUT2D eigenvalue weighted by atomic mass is 32.2. The van der Waals surface area contributed by atoms with Gasteiger partial charge in [0.25, 0.3) is 10.0 Å². The number of carbonyl (C=O) groups is 1. The highest BCUT2D eigenvalue weighted by Crippen LogP contribution is 2.17. The molecular weight excluding hydrogens is 294 g/mol. The second-order valence-corrected chi connectivity index (χ2v) is 6.19. The molecule has 0 aliphatic heterocycles. The zero-order chi connectivity index (χ0) is 15.3. The topological polar surface area (TPSA) is 96.6 Å². The Morgan fingerprint density at radius 1 is 1.19 bits per heavy atom. The highest BCUT2D eigenvalue weighted by molar-refractivity contribution is 7.92. The first-order valence-corrected chi connectivity index (χ1v) is 7.81. The standard InChI is InChI=1S/C14H15NO5S/c16-14(17)3-1-2-11-4-6-12(7-5-11)15-21(18,19)13-8-9-20-10-13/h4-10,15H,1-3H2,(H,16,17). The van der Waals surface area contributed by atoms with Crippen LogP contribution in [-0.4, -0.2) is 19.5 Å². The van der Waals surface area contributed by atoms with Crippen molar-refractivity contribution in [2.75, 3.05) is 4.72 Å². The fraction of sp³-hybridized carbons (Fsp3) is 0.214. The average molecular weight is 309 g/mol. The van der Waals surface area contributed by atoms with Gasteiger partial charge in [0, 0.05) is 12.1 Å². The normalized spacial score (nSPS) is 11.2. The predicted octanol–water partition coefficient (Wildman–Crippen LogP) is 2.49. The fourth-order valence-electron chi connectivity index (χ4n) is 1.80. The van der Waals surface area contributed by atoms with E-state index in [1.54, 1.807) is 24.3 Å². The van der Waals surface area contributed by atoms with Crippen LogP contribution in [0.25, 0.3) is 0 Å². The number of rotatable bonds is 7. The molecule has 0 saturated heterocycles. The van der Waals surface area contributed by atoms with Crippen molar-refractivity contribution in [2.24, 2.45) is 0 Å². The van der Waals surface area contributed by atoms with Gasteiger partial charge in [0.05, 0.1) is 6.26 Å². The van der Waals surface area contributed by atoms with Crippen molar-refractivity contribution in [1.82, 2.24) is 0 Å². The number of aliphatic carboxylic acids is 1. The van der Waals surface area contributed by atoms with E-state index in [4.69, 9.17) is 9.52 Å². The largest absolute Gasteiger partial charge is 0.481 e. The molecule has 1 aromatic heterocycles. The van der Waals surface area contributed by atoms with Crippen LogP contribution in [-0.2, 0) is 21.2 Å². The number of furan rings is 1. The molecule has 0 aliphatic rings. The van der Waals surface area contributed by atoms with Crippen molar-refractivity contribution in [3.8, 4) is 0 Å². The van der Waals surface area contributed by atoms with E-state index in [1.807, 2.05) is 0 Å². The van der Waals surface area contributed by atoms with Crippen LogP contribution < -0.4 is 4.72 Å². The van der Waals surface area contributed by atoms with Crippen LogP contribution in [0.5, 0.6) is 0 Å². The minimum atomic E-state index is -3.63. The number of nitrogens with one attached hydrogen (secondary N) is 1. The Morgan fingerprint density at radius 3 is 2.48 bits per heavy atom. The van der Waals surface area contributed by atoms with E-state index < -0.39 is 16.0 Å². The Bertz CT molecular complexity index is 689. The van der Waals surface area contributed by atoms with Gasteiger partial charge in [-0.25, -0.2) is 8.42 Å². The summed E-state index contributed by atoms with van der Waals surface area (Å²) in [6, 6.07) is 8.20. The molecule has 6 nitrogen and oxygen atoms in total. The molecule has 21 heavy (non-hydrogen) atoms. The first kappa shape index (κ1) is 15.1. The molecule has 0 amide bonds. The lowest BCUT2D eigenvalue weighted by Crippen LogP contribution is -2.11. The molecule has 0 atom stereocenters. The molecule has 1 heterocycles. The van der Waals surface area contributed by atoms with Crippen molar-refractivity contribution >= 4 is 21.7 Å². The predicted molar refractivity (Wildman–Crippen MR) is 76.5 cm³/mol. The molecule has 0 bridgehead atoms. The summed E-state index contributed by atoms with van der Waals surface area (Å²) in [4.78, 5) is 10.5. The van der Waals surface area contributed by atoms with E-state index >= 15 is 0 Å². The average Bonchev–Trinajstić information content (AvgIpc) is 2.95. The van der Waals surface area contributed by atoms with Gasteiger partial charge in [-0.1, -0.05) is 12.1 Å². The maximum atomic E-state index is 12.0. The Balaban J connectivity index is 1.98. The van der Waals surface area contributed by atoms with Crippen molar-refractivity contribution in [1.29, 1.82) is 0 Å². The van der Waals surface area contributed by atoms with Gasteiger partial charge < -0.3 is 9.52 Å². The van der Waals surface area contributed by atoms with Gasteiger partial charge in [0.15, 0.2) is 0 Å². The van der Waals surface area contributed by atoms with E-state index in [2.05, 4.69) is 4.72 Å². The quantitative estimate of drug-likeness (QED) is 0.819. The summed E-state index contributed by atoms with van der Waals surface area (Å²) in [5, 5.41) is 8.57. The Kier molecular flexibility index (Phi) is 4.64. The number of benzene rings is 1. The molecule has 0 unspecified atom stereocenters. The molecule has 2 rings (SSSR count). The zero-order valence-electron chi connectivity index (χ0n) is 11.2. The van der Waals surface area contributed by atoms with Gasteiger partial charge in [-0.3, -0.25) is 9.52 Å². The third kappa shape index (κ3) is 4.35. The van der Waals surface area contributed by atoms with E-state index in [-0.39, 0.29) is 11.3 Å². The van der Waals surface area contributed by atoms with Crippen LogP contribution >= 0.6 is 0 Å². The number of hydrogen-bond acceptors (Lipinski definition) is 4. The third-order valence-corrected chi connectivity index (χ3v) is 4.22. The second kappa shape index (κ2) is 6.45. The summed E-state index contributed by atoms with van der Waals surface area (Å²) in [7, 11) is -3.63. The summed E-state index contributed by atoms with van der Waals surface area (Å²) in [6.07, 6.45) is 3.76. The van der Waals surface area contributed by atoms with Gasteiger partial charge in [0.1, 0.15) is 11.2 Å². The molecule has 0 saturated carbocycles. The van der Waals surface area contributed by atoms with Crippen LogP contribution in [0.1, 0.15) is 18.4 Å². The van der Waals surface area contributed by atoms with E-state index in [0.717, 1.165) is 11.8 Å². The van der Waals surface area contributed by atoms with Crippen molar-refractivity contribution in [3.05, 3.63) is 48.4 Å². The Labute approximate surface area is 122 Å². The van der Waals surface area contributed by atoms with Gasteiger partial charge in [-0.05, 0) is 36.6 Å².